The van der Waals surface area contributed by atoms with Crippen molar-refractivity contribution in [1.29, 1.82) is 0 Å². The highest BCUT2D eigenvalue weighted by Crippen LogP contribution is 2.31. The molecule has 0 saturated carbocycles. The van der Waals surface area contributed by atoms with Crippen molar-refractivity contribution in [2.75, 3.05) is 30.8 Å². The number of sulfonamides is 1. The first-order valence-electron chi connectivity index (χ1n) is 10.6. The Kier molecular flexibility index (Phi) is 8.92. The number of ether oxygens (including phenoxy) is 2. The highest BCUT2D eigenvalue weighted by atomic mass is 35.5. The number of hydrogen-bond donors (Lipinski definition) is 1. The van der Waals surface area contributed by atoms with Crippen LogP contribution in [0.3, 0.4) is 0 Å². The van der Waals surface area contributed by atoms with Gasteiger partial charge in [0, 0.05) is 12.1 Å². The second kappa shape index (κ2) is 11.9. The summed E-state index contributed by atoms with van der Waals surface area (Å²) in [6.07, 6.45) is 1.13. The summed E-state index contributed by atoms with van der Waals surface area (Å²) in [7, 11) is -2.09. The number of hydrogen-bond acceptors (Lipinski definition) is 5. The van der Waals surface area contributed by atoms with E-state index in [2.05, 4.69) is 5.32 Å². The first-order chi connectivity index (χ1) is 16.3. The average molecular weight is 503 g/mol. The average Bonchev–Trinajstić information content (AvgIpc) is 2.82. The van der Waals surface area contributed by atoms with Crippen LogP contribution in [0.15, 0.2) is 72.8 Å². The highest BCUT2D eigenvalue weighted by Gasteiger charge is 2.19. The summed E-state index contributed by atoms with van der Waals surface area (Å²) < 4.78 is 36.8. The van der Waals surface area contributed by atoms with Crippen LogP contribution >= 0.6 is 11.6 Å². The molecule has 3 aromatic carbocycles. The predicted molar refractivity (Wildman–Crippen MR) is 134 cm³/mol. The number of amides is 1. The van der Waals surface area contributed by atoms with E-state index < -0.39 is 10.0 Å². The van der Waals surface area contributed by atoms with Crippen LogP contribution in [0, 0.1) is 0 Å². The molecule has 0 aromatic heterocycles. The van der Waals surface area contributed by atoms with Crippen molar-refractivity contribution in [3.05, 3.63) is 94.5 Å². The Morgan fingerprint density at radius 1 is 1.00 bits per heavy atom. The van der Waals surface area contributed by atoms with Crippen molar-refractivity contribution in [2.45, 2.75) is 13.2 Å². The fraction of sp³-hybridized carbons (Fsp3) is 0.240. The van der Waals surface area contributed by atoms with Crippen LogP contribution in [0.5, 0.6) is 5.75 Å². The molecular weight excluding hydrogens is 476 g/mol. The molecule has 0 aliphatic rings. The lowest BCUT2D eigenvalue weighted by Crippen LogP contribution is -2.29. The number of anilines is 1. The Morgan fingerprint density at radius 3 is 2.32 bits per heavy atom. The molecule has 3 aromatic rings. The monoisotopic (exact) mass is 502 g/mol. The number of nitrogens with one attached hydrogen (secondary N) is 1. The molecule has 0 spiro atoms. The number of rotatable bonds is 11. The van der Waals surface area contributed by atoms with Crippen molar-refractivity contribution in [2.24, 2.45) is 0 Å². The van der Waals surface area contributed by atoms with Crippen LogP contribution in [0.2, 0.25) is 5.02 Å². The summed E-state index contributed by atoms with van der Waals surface area (Å²) >= 11 is 6.17. The maximum Gasteiger partial charge on any atom is 0.251 e. The van der Waals surface area contributed by atoms with Gasteiger partial charge in [-0.05, 0) is 41.5 Å². The van der Waals surface area contributed by atoms with Gasteiger partial charge in [-0.15, -0.1) is 0 Å². The van der Waals surface area contributed by atoms with Gasteiger partial charge in [0.1, 0.15) is 5.75 Å². The minimum Gasteiger partial charge on any atom is -0.495 e. The lowest BCUT2D eigenvalue weighted by Gasteiger charge is -2.23. The first-order valence-corrected chi connectivity index (χ1v) is 12.8. The largest absolute Gasteiger partial charge is 0.495 e. The maximum atomic E-state index is 12.4. The summed E-state index contributed by atoms with van der Waals surface area (Å²) in [6, 6.07) is 21.4. The van der Waals surface area contributed by atoms with Gasteiger partial charge in [-0.3, -0.25) is 9.10 Å². The summed E-state index contributed by atoms with van der Waals surface area (Å²) in [5.74, 6) is 0.233. The van der Waals surface area contributed by atoms with Crippen LogP contribution < -0.4 is 14.4 Å². The van der Waals surface area contributed by atoms with E-state index in [4.69, 9.17) is 21.1 Å². The van der Waals surface area contributed by atoms with Crippen molar-refractivity contribution in [1.82, 2.24) is 5.32 Å². The molecule has 0 fully saturated rings. The van der Waals surface area contributed by atoms with Crippen molar-refractivity contribution >= 4 is 33.2 Å². The SMILES string of the molecule is COc1ccc(N(Cc2ccc(C(=O)NCCOCc3ccccc3)cc2)S(C)(=O)=O)cc1Cl. The zero-order valence-electron chi connectivity index (χ0n) is 19.0. The van der Waals surface area contributed by atoms with Gasteiger partial charge >= 0.3 is 0 Å². The van der Waals surface area contributed by atoms with Gasteiger partial charge in [0.15, 0.2) is 0 Å². The molecule has 3 rings (SSSR count). The molecule has 7 nitrogen and oxygen atoms in total. The number of benzene rings is 3. The van der Waals surface area contributed by atoms with E-state index in [1.165, 1.54) is 11.4 Å². The third kappa shape index (κ3) is 7.21. The maximum absolute atomic E-state index is 12.4. The first kappa shape index (κ1) is 25.6. The Hall–Kier alpha value is -3.07. The van der Waals surface area contributed by atoms with Gasteiger partial charge in [-0.1, -0.05) is 54.1 Å². The topological polar surface area (TPSA) is 84.9 Å². The molecule has 0 aliphatic heterocycles. The van der Waals surface area contributed by atoms with Crippen molar-refractivity contribution < 1.29 is 22.7 Å². The predicted octanol–water partition coefficient (Wildman–Crippen LogP) is 4.26. The van der Waals surface area contributed by atoms with Gasteiger partial charge in [0.05, 0.1) is 43.8 Å². The van der Waals surface area contributed by atoms with E-state index in [1.54, 1.807) is 42.5 Å². The van der Waals surface area contributed by atoms with Gasteiger partial charge in [-0.25, -0.2) is 8.42 Å². The lowest BCUT2D eigenvalue weighted by molar-refractivity contribution is 0.0901. The van der Waals surface area contributed by atoms with E-state index in [0.717, 1.165) is 17.4 Å². The van der Waals surface area contributed by atoms with Gasteiger partial charge < -0.3 is 14.8 Å². The van der Waals surface area contributed by atoms with Gasteiger partial charge in [0.2, 0.25) is 10.0 Å². The summed E-state index contributed by atoms with van der Waals surface area (Å²) in [5.41, 5.74) is 2.69. The quantitative estimate of drug-likeness (QED) is 0.396. The molecule has 180 valence electrons. The number of nitrogens with zero attached hydrogens (tertiary/aromatic N) is 1. The van der Waals surface area contributed by atoms with Crippen LogP contribution in [0.4, 0.5) is 5.69 Å². The van der Waals surface area contributed by atoms with E-state index >= 15 is 0 Å². The van der Waals surface area contributed by atoms with E-state index in [9.17, 15) is 13.2 Å². The molecule has 0 bridgehead atoms. The molecular formula is C25H27ClN2O5S. The minimum absolute atomic E-state index is 0.0940. The molecule has 0 aliphatic carbocycles. The van der Waals surface area contributed by atoms with Crippen molar-refractivity contribution in [3.63, 3.8) is 0 Å². The molecule has 0 unspecified atom stereocenters. The highest BCUT2D eigenvalue weighted by molar-refractivity contribution is 7.92. The molecule has 0 radical (unpaired) electrons. The lowest BCUT2D eigenvalue weighted by atomic mass is 10.1. The molecule has 1 amide bonds. The fourth-order valence-corrected chi connectivity index (χ4v) is 4.37. The fourth-order valence-electron chi connectivity index (χ4n) is 3.24. The third-order valence-corrected chi connectivity index (χ3v) is 6.45. The zero-order chi connectivity index (χ0) is 24.6. The van der Waals surface area contributed by atoms with Crippen LogP contribution in [0.1, 0.15) is 21.5 Å². The van der Waals surface area contributed by atoms with Crippen LogP contribution in [0.25, 0.3) is 0 Å². The number of methoxy groups -OCH3 is 1. The summed E-state index contributed by atoms with van der Waals surface area (Å²) in [4.78, 5) is 12.4. The standard InChI is InChI=1S/C25H27ClN2O5S/c1-32-24-13-12-22(16-23(24)26)28(34(2,30)31)17-19-8-10-21(11-9-19)25(29)27-14-15-33-18-20-6-4-3-5-7-20/h3-13,16H,14-15,17-18H2,1-2H3,(H,27,29). The zero-order valence-corrected chi connectivity index (χ0v) is 20.6. The van der Waals surface area contributed by atoms with E-state index in [1.807, 2.05) is 30.3 Å². The summed E-state index contributed by atoms with van der Waals surface area (Å²) in [6.45, 7) is 1.36. The second-order valence-corrected chi connectivity index (χ2v) is 9.89. The molecule has 34 heavy (non-hydrogen) atoms. The minimum atomic E-state index is -3.58. The van der Waals surface area contributed by atoms with Gasteiger partial charge in [0.25, 0.3) is 5.91 Å². The Balaban J connectivity index is 1.56. The van der Waals surface area contributed by atoms with Crippen LogP contribution in [-0.2, 0) is 27.9 Å². The molecule has 9 heteroatoms. The molecule has 0 atom stereocenters. The molecule has 0 heterocycles. The number of carbonyl (C=O) groups excluding carboxylic acids is 1. The van der Waals surface area contributed by atoms with Crippen molar-refractivity contribution in [3.8, 4) is 5.75 Å². The Morgan fingerprint density at radius 2 is 1.71 bits per heavy atom. The Bertz CT molecular complexity index is 1200. The normalized spacial score (nSPS) is 11.1. The summed E-state index contributed by atoms with van der Waals surface area (Å²) in [5, 5.41) is 3.13. The smallest absolute Gasteiger partial charge is 0.251 e. The van der Waals surface area contributed by atoms with Crippen LogP contribution in [-0.4, -0.2) is 40.8 Å². The van der Waals surface area contributed by atoms with Gasteiger partial charge in [-0.2, -0.15) is 0 Å². The Labute approximate surface area is 205 Å². The molecule has 0 saturated heterocycles. The second-order valence-electron chi connectivity index (χ2n) is 7.58. The third-order valence-electron chi connectivity index (χ3n) is 5.01. The number of carbonyl (C=O) groups is 1. The molecule has 1 N–H and O–H groups in total. The van der Waals surface area contributed by atoms with E-state index in [-0.39, 0.29) is 12.5 Å². The number of halogens is 1. The van der Waals surface area contributed by atoms with E-state index in [0.29, 0.717) is 41.8 Å².